The number of methoxy groups -OCH3 is 1. The van der Waals surface area contributed by atoms with Crippen molar-refractivity contribution in [3.8, 4) is 5.75 Å². The number of esters is 1. The van der Waals surface area contributed by atoms with Crippen molar-refractivity contribution in [1.82, 2.24) is 0 Å². The summed E-state index contributed by atoms with van der Waals surface area (Å²) in [6.07, 6.45) is 8.65. The number of para-hydroxylation sites is 1. The lowest BCUT2D eigenvalue weighted by molar-refractivity contribution is -0.185. The molecule has 174 valence electrons. The van der Waals surface area contributed by atoms with Gasteiger partial charge in [0, 0.05) is 24.8 Å². The van der Waals surface area contributed by atoms with Crippen LogP contribution >= 0.6 is 0 Å². The molecule has 2 fully saturated rings. The molecule has 0 bridgehead atoms. The molecule has 1 saturated heterocycles. The minimum atomic E-state index is -0.857. The minimum Gasteiger partial charge on any atom is -0.488 e. The van der Waals surface area contributed by atoms with E-state index in [1.807, 2.05) is 36.4 Å². The lowest BCUT2D eigenvalue weighted by Crippen LogP contribution is -2.38. The highest BCUT2D eigenvalue weighted by atomic mass is 16.8. The lowest BCUT2D eigenvalue weighted by atomic mass is 9.85. The van der Waals surface area contributed by atoms with Gasteiger partial charge in [-0.3, -0.25) is 4.79 Å². The summed E-state index contributed by atoms with van der Waals surface area (Å²) in [7, 11) is 1.33. The third-order valence-electron chi connectivity index (χ3n) is 6.03. The molecule has 3 atom stereocenters. The van der Waals surface area contributed by atoms with E-state index in [0.29, 0.717) is 38.9 Å². The Labute approximate surface area is 189 Å². The molecule has 7 nitrogen and oxygen atoms in total. The second-order valence-corrected chi connectivity index (χ2v) is 8.14. The highest BCUT2D eigenvalue weighted by Crippen LogP contribution is 2.38. The van der Waals surface area contributed by atoms with Gasteiger partial charge in [-0.2, -0.15) is 0 Å². The fraction of sp³-hybridized carbons (Fsp3) is 0.520. The number of allylic oxidation sites excluding steroid dienone is 3. The van der Waals surface area contributed by atoms with Crippen LogP contribution in [0.25, 0.3) is 0 Å². The Bertz CT molecular complexity index is 796. The lowest BCUT2D eigenvalue weighted by Gasteiger charge is -2.30. The average molecular weight is 445 g/mol. The topological polar surface area (TPSA) is 91.3 Å². The monoisotopic (exact) mass is 444 g/mol. The van der Waals surface area contributed by atoms with Crippen molar-refractivity contribution in [2.45, 2.75) is 44.0 Å². The molecule has 0 radical (unpaired) electrons. The molecule has 1 aliphatic heterocycles. The number of ether oxygens (including phenoxy) is 4. The number of aliphatic hydroxyl groups is 1. The molecule has 3 rings (SSSR count). The van der Waals surface area contributed by atoms with Gasteiger partial charge in [0.15, 0.2) is 0 Å². The zero-order valence-electron chi connectivity index (χ0n) is 18.5. The predicted octanol–water partition coefficient (Wildman–Crippen LogP) is 3.22. The van der Waals surface area contributed by atoms with Crippen molar-refractivity contribution >= 4 is 11.8 Å². The molecule has 0 aromatic heterocycles. The van der Waals surface area contributed by atoms with Crippen molar-refractivity contribution in [2.24, 2.45) is 11.8 Å². The Hall–Kier alpha value is -2.48. The van der Waals surface area contributed by atoms with Gasteiger partial charge in [-0.1, -0.05) is 36.4 Å². The number of Topliss-reactive ketones (excluding diaryl/α,β-unsaturated/α-hetero) is 1. The van der Waals surface area contributed by atoms with Crippen LogP contribution in [0, 0.1) is 11.8 Å². The zero-order valence-corrected chi connectivity index (χ0v) is 18.5. The summed E-state index contributed by atoms with van der Waals surface area (Å²) in [6.45, 7) is 1.25. The first-order valence-electron chi connectivity index (χ1n) is 11.1. The van der Waals surface area contributed by atoms with Crippen molar-refractivity contribution in [3.63, 3.8) is 0 Å². The van der Waals surface area contributed by atoms with Crippen LogP contribution in [-0.2, 0) is 23.8 Å². The van der Waals surface area contributed by atoms with E-state index in [-0.39, 0.29) is 30.6 Å². The third-order valence-corrected chi connectivity index (χ3v) is 6.03. The zero-order chi connectivity index (χ0) is 22.8. The molecular formula is C25H32O7. The van der Waals surface area contributed by atoms with Crippen molar-refractivity contribution in [3.05, 3.63) is 54.6 Å². The second-order valence-electron chi connectivity index (χ2n) is 8.14. The molecule has 1 saturated carbocycles. The molecule has 1 aromatic carbocycles. The van der Waals surface area contributed by atoms with Crippen molar-refractivity contribution in [1.29, 1.82) is 0 Å². The number of aliphatic hydroxyl groups excluding tert-OH is 1. The molecular weight excluding hydrogens is 412 g/mol. The van der Waals surface area contributed by atoms with Gasteiger partial charge in [0.25, 0.3) is 0 Å². The maximum atomic E-state index is 12.5. The largest absolute Gasteiger partial charge is 0.488 e. The van der Waals surface area contributed by atoms with E-state index in [1.54, 1.807) is 12.2 Å². The van der Waals surface area contributed by atoms with Crippen LogP contribution < -0.4 is 4.74 Å². The fourth-order valence-corrected chi connectivity index (χ4v) is 4.33. The summed E-state index contributed by atoms with van der Waals surface area (Å²) in [5.41, 5.74) is 0. The van der Waals surface area contributed by atoms with Gasteiger partial charge in [-0.15, -0.1) is 0 Å². The standard InChI is InChI=1S/C25H32O7/c1-29-24(28)12-8-3-2-7-11-20-21(23(27)17-22(20)26)13-14-25(31-15-16-32-25)18-30-19-9-5-4-6-10-19/h2-6,8-10,12,20-21,23,27H,7,11,13-18H2,1H3/b3-2-,12-8?/t20-,21-,23-/m1/s1. The molecule has 7 heteroatoms. The number of rotatable bonds is 11. The first-order valence-corrected chi connectivity index (χ1v) is 11.1. The Balaban J connectivity index is 1.53. The SMILES string of the molecule is COC(=O)C=C/C=C\CC[C@H]1C(=O)C[C@@H](O)[C@@H]1CCC1(COc2ccccc2)OCCO1. The second kappa shape index (κ2) is 11.9. The van der Waals surface area contributed by atoms with E-state index in [9.17, 15) is 14.7 Å². The van der Waals surface area contributed by atoms with E-state index < -0.39 is 17.9 Å². The number of hydrogen-bond donors (Lipinski definition) is 1. The number of hydrogen-bond acceptors (Lipinski definition) is 7. The van der Waals surface area contributed by atoms with Crippen LogP contribution in [0.2, 0.25) is 0 Å². The smallest absolute Gasteiger partial charge is 0.330 e. The fourth-order valence-electron chi connectivity index (χ4n) is 4.33. The normalized spacial score (nSPS) is 25.1. The molecule has 1 heterocycles. The molecule has 1 N–H and O–H groups in total. The molecule has 1 aromatic rings. The Morgan fingerprint density at radius 3 is 2.66 bits per heavy atom. The molecule has 1 aliphatic carbocycles. The summed E-state index contributed by atoms with van der Waals surface area (Å²) in [6, 6.07) is 9.50. The van der Waals surface area contributed by atoms with Crippen molar-refractivity contribution in [2.75, 3.05) is 26.9 Å². The van der Waals surface area contributed by atoms with Crippen LogP contribution in [0.4, 0.5) is 0 Å². The van der Waals surface area contributed by atoms with Crippen LogP contribution in [0.5, 0.6) is 5.75 Å². The van der Waals surface area contributed by atoms with Gasteiger partial charge in [-0.25, -0.2) is 4.79 Å². The van der Waals surface area contributed by atoms with E-state index in [1.165, 1.54) is 13.2 Å². The van der Waals surface area contributed by atoms with Gasteiger partial charge in [0.1, 0.15) is 18.1 Å². The molecule has 0 amide bonds. The van der Waals surface area contributed by atoms with Crippen LogP contribution in [0.1, 0.15) is 32.1 Å². The Morgan fingerprint density at radius 1 is 1.19 bits per heavy atom. The maximum absolute atomic E-state index is 12.5. The van der Waals surface area contributed by atoms with Gasteiger partial charge in [0.05, 0.1) is 26.4 Å². The summed E-state index contributed by atoms with van der Waals surface area (Å²) < 4.78 is 22.2. The first-order chi connectivity index (χ1) is 15.5. The van der Waals surface area contributed by atoms with Gasteiger partial charge in [0.2, 0.25) is 5.79 Å². The number of ketones is 1. The van der Waals surface area contributed by atoms with Gasteiger partial charge in [-0.05, 0) is 37.3 Å². The number of carbonyl (C=O) groups excluding carboxylic acids is 2. The molecule has 0 spiro atoms. The highest BCUT2D eigenvalue weighted by Gasteiger charge is 2.44. The quantitative estimate of drug-likeness (QED) is 0.318. The maximum Gasteiger partial charge on any atom is 0.330 e. The molecule has 2 aliphatic rings. The van der Waals surface area contributed by atoms with E-state index >= 15 is 0 Å². The van der Waals surface area contributed by atoms with Crippen LogP contribution in [-0.4, -0.2) is 55.7 Å². The summed E-state index contributed by atoms with van der Waals surface area (Å²) in [4.78, 5) is 23.5. The Morgan fingerprint density at radius 2 is 1.94 bits per heavy atom. The van der Waals surface area contributed by atoms with Gasteiger partial charge < -0.3 is 24.1 Å². The summed E-state index contributed by atoms with van der Waals surface area (Å²) >= 11 is 0. The summed E-state index contributed by atoms with van der Waals surface area (Å²) in [5.74, 6) is -0.762. The van der Waals surface area contributed by atoms with Crippen LogP contribution in [0.15, 0.2) is 54.6 Å². The van der Waals surface area contributed by atoms with E-state index in [4.69, 9.17) is 14.2 Å². The molecule has 32 heavy (non-hydrogen) atoms. The Kier molecular flexibility index (Phi) is 9.02. The van der Waals surface area contributed by atoms with E-state index in [0.717, 1.165) is 5.75 Å². The molecule has 0 unspecified atom stereocenters. The highest BCUT2D eigenvalue weighted by molar-refractivity contribution is 5.84. The van der Waals surface area contributed by atoms with E-state index in [2.05, 4.69) is 4.74 Å². The minimum absolute atomic E-state index is 0.101. The van der Waals surface area contributed by atoms with Gasteiger partial charge >= 0.3 is 5.97 Å². The third kappa shape index (κ3) is 6.76. The number of carbonyl (C=O) groups is 2. The predicted molar refractivity (Wildman–Crippen MR) is 118 cm³/mol. The van der Waals surface area contributed by atoms with Crippen molar-refractivity contribution < 1.29 is 33.6 Å². The summed E-state index contributed by atoms with van der Waals surface area (Å²) in [5, 5.41) is 10.5. The first kappa shape index (κ1) is 24.2. The average Bonchev–Trinajstić information content (AvgIpc) is 3.38. The number of benzene rings is 1. The van der Waals surface area contributed by atoms with Crippen LogP contribution in [0.3, 0.4) is 0 Å².